The molecule has 0 bridgehead atoms. The van der Waals surface area contributed by atoms with E-state index in [0.717, 1.165) is 44.1 Å². The minimum absolute atomic E-state index is 0.00406. The van der Waals surface area contributed by atoms with E-state index >= 15 is 4.57 Å². The lowest BCUT2D eigenvalue weighted by Crippen LogP contribution is -2.66. The predicted molar refractivity (Wildman–Crippen MR) is 350 cm³/mol. The van der Waals surface area contributed by atoms with Gasteiger partial charge in [-0.05, 0) is 29.5 Å². The molecule has 1 amide bonds. The summed E-state index contributed by atoms with van der Waals surface area (Å²) in [6, 6.07) is 27.2. The summed E-state index contributed by atoms with van der Waals surface area (Å²) in [5, 5.41) is 14.1. The zero-order chi connectivity index (χ0) is 61.2. The van der Waals surface area contributed by atoms with Gasteiger partial charge in [-0.15, -0.1) is 6.58 Å². The van der Waals surface area contributed by atoms with Crippen molar-refractivity contribution in [2.24, 2.45) is 0 Å². The van der Waals surface area contributed by atoms with Crippen LogP contribution >= 0.6 is 7.82 Å². The van der Waals surface area contributed by atoms with Crippen LogP contribution in [0.4, 0.5) is 0 Å². The molecule has 13 heteroatoms. The number of nitrogens with one attached hydrogen (secondary N) is 1. The van der Waals surface area contributed by atoms with E-state index in [1.54, 1.807) is 6.08 Å². The molecule has 0 aliphatic carbocycles. The van der Waals surface area contributed by atoms with E-state index in [1.807, 2.05) is 91.0 Å². The number of carbonyl (C=O) groups is 2. The van der Waals surface area contributed by atoms with Crippen LogP contribution < -0.4 is 5.32 Å². The Kier molecular flexibility index (Phi) is 43.5. The summed E-state index contributed by atoms with van der Waals surface area (Å²) >= 11 is 0. The van der Waals surface area contributed by atoms with Gasteiger partial charge in [-0.25, -0.2) is 4.57 Å². The van der Waals surface area contributed by atoms with Crippen molar-refractivity contribution < 1.29 is 51.8 Å². The Morgan fingerprint density at radius 3 is 1.33 bits per heavy atom. The quantitative estimate of drug-likeness (QED) is 0.0241. The lowest BCUT2D eigenvalue weighted by Gasteiger charge is -2.45. The van der Waals surface area contributed by atoms with Gasteiger partial charge in [0.25, 0.3) is 0 Å². The van der Waals surface area contributed by atoms with Crippen LogP contribution in [-0.2, 0) is 66.5 Å². The van der Waals surface area contributed by atoms with E-state index in [-0.39, 0.29) is 38.6 Å². The molecule has 1 saturated heterocycles. The number of carbonyl (C=O) groups excluding carboxylic acids is 2. The van der Waals surface area contributed by atoms with Crippen molar-refractivity contribution in [2.75, 3.05) is 13.2 Å². The number of hydrogen-bond acceptors (Lipinski definition) is 11. The normalized spacial score (nSPS) is 17.4. The second kappa shape index (κ2) is 50.1. The molecule has 1 heterocycles. The molecular weight excluding hydrogens is 1100 g/mol. The van der Waals surface area contributed by atoms with E-state index in [2.05, 4.69) is 25.7 Å². The Bertz CT molecular complexity index is 2090. The Hall–Kier alpha value is -3.71. The van der Waals surface area contributed by atoms with Crippen molar-refractivity contribution in [3.8, 4) is 0 Å². The minimum atomic E-state index is -4.57. The van der Waals surface area contributed by atoms with Crippen LogP contribution in [0.3, 0.4) is 0 Å². The van der Waals surface area contributed by atoms with E-state index in [4.69, 9.17) is 32.5 Å². The van der Waals surface area contributed by atoms with Crippen LogP contribution in [0.2, 0.25) is 0 Å². The van der Waals surface area contributed by atoms with Crippen molar-refractivity contribution in [2.45, 2.75) is 314 Å². The van der Waals surface area contributed by atoms with Crippen molar-refractivity contribution >= 4 is 19.7 Å². The monoisotopic (exact) mass is 1220 g/mol. The molecule has 12 nitrogen and oxygen atoms in total. The number of ether oxygens (including phenoxy) is 4. The highest BCUT2D eigenvalue weighted by Crippen LogP contribution is 2.54. The SMILES string of the molecule is C=CCO[C@@H]1O[C@H](CO)[C@@H](OP(=O)(OCc2ccccc2)OCc2ccccc2)[C@H](OC(=O)CCCCCCCCCCCCC)[C@H]1NC(=O)C[C@@H](CCCCCCCCCCCCCCCCCCCCCCCCCC)OCc1ccccc1. The van der Waals surface area contributed by atoms with Gasteiger partial charge in [-0.1, -0.05) is 329 Å². The molecular formula is C73H118NO11P. The fourth-order valence-electron chi connectivity index (χ4n) is 11.4. The zero-order valence-corrected chi connectivity index (χ0v) is 54.7. The molecule has 3 aromatic carbocycles. The molecule has 486 valence electrons. The maximum absolute atomic E-state index is 15.1. The highest BCUT2D eigenvalue weighted by Gasteiger charge is 2.53. The third kappa shape index (κ3) is 35.5. The van der Waals surface area contributed by atoms with Crippen LogP contribution in [0.15, 0.2) is 104 Å². The Labute approximate surface area is 522 Å². The highest BCUT2D eigenvalue weighted by atomic mass is 31.2. The first-order valence-electron chi connectivity index (χ1n) is 34.6. The van der Waals surface area contributed by atoms with E-state index in [9.17, 15) is 14.7 Å². The summed E-state index contributed by atoms with van der Waals surface area (Å²) in [5.41, 5.74) is 2.43. The molecule has 1 aliphatic rings. The third-order valence-electron chi connectivity index (χ3n) is 16.6. The van der Waals surface area contributed by atoms with Gasteiger partial charge >= 0.3 is 13.8 Å². The van der Waals surface area contributed by atoms with Crippen LogP contribution in [0.5, 0.6) is 0 Å². The Morgan fingerprint density at radius 1 is 0.547 bits per heavy atom. The van der Waals surface area contributed by atoms with E-state index in [1.165, 1.54) is 180 Å². The van der Waals surface area contributed by atoms with Crippen molar-refractivity contribution in [1.29, 1.82) is 0 Å². The third-order valence-corrected chi connectivity index (χ3v) is 18.0. The molecule has 4 rings (SSSR count). The first kappa shape index (κ1) is 74.8. The number of hydrogen-bond donors (Lipinski definition) is 2. The number of aliphatic hydroxyl groups excluding tert-OH is 1. The fraction of sp³-hybridized carbons (Fsp3) is 0.699. The summed E-state index contributed by atoms with van der Waals surface area (Å²) in [5.74, 6) is -0.922. The molecule has 1 fully saturated rings. The number of rotatable bonds is 56. The van der Waals surface area contributed by atoms with E-state index < -0.39 is 57.1 Å². The van der Waals surface area contributed by atoms with Crippen molar-refractivity contribution in [1.82, 2.24) is 5.32 Å². The molecule has 1 aliphatic heterocycles. The molecule has 0 saturated carbocycles. The average molecular weight is 1220 g/mol. The Morgan fingerprint density at radius 2 is 0.930 bits per heavy atom. The summed E-state index contributed by atoms with van der Waals surface area (Å²) < 4.78 is 59.1. The molecule has 0 spiro atoms. The molecule has 6 atom stereocenters. The second-order valence-electron chi connectivity index (χ2n) is 24.3. The summed E-state index contributed by atoms with van der Waals surface area (Å²) in [4.78, 5) is 28.7. The minimum Gasteiger partial charge on any atom is -0.457 e. The number of benzene rings is 3. The van der Waals surface area contributed by atoms with Crippen molar-refractivity contribution in [3.63, 3.8) is 0 Å². The number of phosphoric ester groups is 1. The summed E-state index contributed by atoms with van der Waals surface area (Å²) in [6.45, 7) is 7.80. The molecule has 0 radical (unpaired) electrons. The first-order valence-corrected chi connectivity index (χ1v) is 36.0. The van der Waals surface area contributed by atoms with Gasteiger partial charge in [-0.2, -0.15) is 0 Å². The number of unbranched alkanes of at least 4 members (excludes halogenated alkanes) is 33. The number of aliphatic hydroxyl groups is 1. The second-order valence-corrected chi connectivity index (χ2v) is 25.9. The predicted octanol–water partition coefficient (Wildman–Crippen LogP) is 19.7. The number of phosphoric acid groups is 1. The lowest BCUT2D eigenvalue weighted by molar-refractivity contribution is -0.269. The molecule has 0 aromatic heterocycles. The maximum atomic E-state index is 15.1. The van der Waals surface area contributed by atoms with Crippen LogP contribution in [0.1, 0.15) is 275 Å². The maximum Gasteiger partial charge on any atom is 0.475 e. The first-order chi connectivity index (χ1) is 42.3. The molecule has 3 aromatic rings. The van der Waals surface area contributed by atoms with Gasteiger partial charge < -0.3 is 29.4 Å². The number of esters is 1. The smallest absolute Gasteiger partial charge is 0.457 e. The highest BCUT2D eigenvalue weighted by molar-refractivity contribution is 7.48. The van der Waals surface area contributed by atoms with Crippen LogP contribution in [-0.4, -0.2) is 66.9 Å². The largest absolute Gasteiger partial charge is 0.475 e. The van der Waals surface area contributed by atoms with Gasteiger partial charge in [0.05, 0.1) is 45.6 Å². The Balaban J connectivity index is 1.36. The van der Waals surface area contributed by atoms with Gasteiger partial charge in [0.1, 0.15) is 18.2 Å². The zero-order valence-electron chi connectivity index (χ0n) is 53.8. The topological polar surface area (TPSA) is 148 Å². The van der Waals surface area contributed by atoms with Crippen LogP contribution in [0, 0.1) is 0 Å². The standard InChI is InChI=1S/C73H118NO11P/c1-4-7-9-11-13-15-17-18-19-20-21-22-23-24-25-26-27-28-29-31-32-34-36-47-55-66(80-60-63-49-41-38-42-50-63)58-68(76)74-70-72(84-69(77)56-48-37-35-33-30-16-14-12-10-8-5-2)71(67(59-75)83-73(70)79-57-6-3)85-86(78,81-61-64-51-43-39-44-52-64)82-62-65-53-45-40-46-54-65/h6,38-46,49-54,66-67,70-73,75H,3-5,7-37,47-48,55-62H2,1-2H3,(H,74,76)/t66-,67-,70-,71-,72-,73-/m1/s1. The summed E-state index contributed by atoms with van der Waals surface area (Å²) in [6.07, 6.45) is 40.8. The summed E-state index contributed by atoms with van der Waals surface area (Å²) in [7, 11) is -4.57. The van der Waals surface area contributed by atoms with Gasteiger partial charge in [0.2, 0.25) is 5.91 Å². The number of amides is 1. The molecule has 0 unspecified atom stereocenters. The van der Waals surface area contributed by atoms with Crippen molar-refractivity contribution in [3.05, 3.63) is 120 Å². The van der Waals surface area contributed by atoms with Gasteiger partial charge in [0.15, 0.2) is 12.4 Å². The average Bonchev–Trinajstić information content (AvgIpc) is 1.16. The van der Waals surface area contributed by atoms with Gasteiger partial charge in [0, 0.05) is 6.42 Å². The molecule has 2 N–H and O–H groups in total. The van der Waals surface area contributed by atoms with E-state index in [0.29, 0.717) is 30.6 Å². The molecule has 86 heavy (non-hydrogen) atoms. The lowest BCUT2D eigenvalue weighted by atomic mass is 9.96. The fourth-order valence-corrected chi connectivity index (χ4v) is 12.8. The van der Waals surface area contributed by atoms with Crippen LogP contribution in [0.25, 0.3) is 0 Å². The van der Waals surface area contributed by atoms with Gasteiger partial charge in [-0.3, -0.25) is 23.2 Å².